The van der Waals surface area contributed by atoms with Gasteiger partial charge < -0.3 is 15.3 Å². The van der Waals surface area contributed by atoms with Crippen LogP contribution in [-0.4, -0.2) is 65.2 Å². The number of hydrogen-bond acceptors (Lipinski definition) is 3. The second-order valence-corrected chi connectivity index (χ2v) is 6.51. The predicted molar refractivity (Wildman–Crippen MR) is 82.4 cm³/mol. The van der Waals surface area contributed by atoms with Gasteiger partial charge in [0.2, 0.25) is 0 Å². The SMILES string of the molecule is CCN1CCCC1CN(C)C(=O)NC(C)(C)CCC(=O)O. The summed E-state index contributed by atoms with van der Waals surface area (Å²) in [4.78, 5) is 27.0. The van der Waals surface area contributed by atoms with Crippen molar-refractivity contribution in [2.45, 2.75) is 58.0 Å². The molecule has 1 saturated heterocycles. The van der Waals surface area contributed by atoms with Gasteiger partial charge in [0.1, 0.15) is 0 Å². The van der Waals surface area contributed by atoms with E-state index in [-0.39, 0.29) is 12.5 Å². The Balaban J connectivity index is 2.44. The Bertz CT molecular complexity index is 371. The third-order valence-electron chi connectivity index (χ3n) is 4.15. The van der Waals surface area contributed by atoms with Gasteiger partial charge in [-0.05, 0) is 46.2 Å². The third-order valence-corrected chi connectivity index (χ3v) is 4.15. The monoisotopic (exact) mass is 299 g/mol. The maximum Gasteiger partial charge on any atom is 0.317 e. The van der Waals surface area contributed by atoms with Crippen LogP contribution < -0.4 is 5.32 Å². The number of rotatable bonds is 7. The van der Waals surface area contributed by atoms with E-state index in [9.17, 15) is 9.59 Å². The molecule has 1 rings (SSSR count). The summed E-state index contributed by atoms with van der Waals surface area (Å²) >= 11 is 0. The van der Waals surface area contributed by atoms with Gasteiger partial charge in [-0.2, -0.15) is 0 Å². The standard InChI is InChI=1S/C15H29N3O3/c1-5-18-10-6-7-12(18)11-17(4)14(21)16-15(2,3)9-8-13(19)20/h12H,5-11H2,1-4H3,(H,16,21)(H,19,20). The van der Waals surface area contributed by atoms with E-state index in [2.05, 4.69) is 17.1 Å². The molecule has 1 aliphatic heterocycles. The zero-order valence-electron chi connectivity index (χ0n) is 13.7. The highest BCUT2D eigenvalue weighted by atomic mass is 16.4. The lowest BCUT2D eigenvalue weighted by molar-refractivity contribution is -0.137. The number of likely N-dealkylation sites (N-methyl/N-ethyl adjacent to an activating group) is 2. The lowest BCUT2D eigenvalue weighted by Gasteiger charge is -2.32. The number of likely N-dealkylation sites (tertiary alicyclic amines) is 1. The molecule has 0 aliphatic carbocycles. The van der Waals surface area contributed by atoms with E-state index in [1.54, 1.807) is 11.9 Å². The lowest BCUT2D eigenvalue weighted by Crippen LogP contribution is -2.51. The Morgan fingerprint density at radius 2 is 2.10 bits per heavy atom. The molecule has 2 amide bonds. The van der Waals surface area contributed by atoms with Crippen LogP contribution in [0.3, 0.4) is 0 Å². The van der Waals surface area contributed by atoms with E-state index >= 15 is 0 Å². The van der Waals surface area contributed by atoms with Crippen molar-refractivity contribution in [3.05, 3.63) is 0 Å². The molecule has 21 heavy (non-hydrogen) atoms. The number of hydrogen-bond donors (Lipinski definition) is 2. The van der Waals surface area contributed by atoms with Crippen molar-refractivity contribution in [3.63, 3.8) is 0 Å². The maximum absolute atomic E-state index is 12.2. The Morgan fingerprint density at radius 3 is 2.67 bits per heavy atom. The minimum Gasteiger partial charge on any atom is -0.481 e. The number of carbonyl (C=O) groups is 2. The summed E-state index contributed by atoms with van der Waals surface area (Å²) < 4.78 is 0. The van der Waals surface area contributed by atoms with Crippen LogP contribution in [0, 0.1) is 0 Å². The molecule has 0 radical (unpaired) electrons. The highest BCUT2D eigenvalue weighted by molar-refractivity contribution is 5.75. The molecule has 0 aromatic carbocycles. The molecule has 6 heteroatoms. The molecule has 1 heterocycles. The van der Waals surface area contributed by atoms with E-state index < -0.39 is 11.5 Å². The Morgan fingerprint density at radius 1 is 1.43 bits per heavy atom. The molecule has 1 atom stereocenters. The summed E-state index contributed by atoms with van der Waals surface area (Å²) in [6, 6.07) is 0.307. The zero-order chi connectivity index (χ0) is 16.0. The first-order valence-electron chi connectivity index (χ1n) is 7.74. The molecule has 1 fully saturated rings. The van der Waals surface area contributed by atoms with Gasteiger partial charge in [0.25, 0.3) is 0 Å². The second-order valence-electron chi connectivity index (χ2n) is 6.51. The average molecular weight is 299 g/mol. The molecule has 122 valence electrons. The van der Waals surface area contributed by atoms with E-state index in [0.29, 0.717) is 19.0 Å². The summed E-state index contributed by atoms with van der Waals surface area (Å²) in [6.07, 6.45) is 2.81. The first-order chi connectivity index (χ1) is 9.75. The second kappa shape index (κ2) is 7.64. The number of carboxylic acids is 1. The van der Waals surface area contributed by atoms with Crippen molar-refractivity contribution < 1.29 is 14.7 Å². The quantitative estimate of drug-likeness (QED) is 0.751. The lowest BCUT2D eigenvalue weighted by atomic mass is 9.99. The van der Waals surface area contributed by atoms with E-state index in [1.165, 1.54) is 6.42 Å². The van der Waals surface area contributed by atoms with Crippen molar-refractivity contribution in [1.29, 1.82) is 0 Å². The van der Waals surface area contributed by atoms with Gasteiger partial charge in [-0.3, -0.25) is 9.69 Å². The largest absolute Gasteiger partial charge is 0.481 e. The molecule has 0 bridgehead atoms. The Kier molecular flexibility index (Phi) is 6.45. The van der Waals surface area contributed by atoms with Crippen LogP contribution in [0.5, 0.6) is 0 Å². The Hall–Kier alpha value is -1.30. The molecular formula is C15H29N3O3. The first kappa shape index (κ1) is 17.8. The normalized spacial score (nSPS) is 19.5. The van der Waals surface area contributed by atoms with Gasteiger partial charge in [-0.1, -0.05) is 6.92 Å². The highest BCUT2D eigenvalue weighted by Gasteiger charge is 2.28. The van der Waals surface area contributed by atoms with Crippen molar-refractivity contribution in [2.75, 3.05) is 26.7 Å². The zero-order valence-corrected chi connectivity index (χ0v) is 13.7. The summed E-state index contributed by atoms with van der Waals surface area (Å²) in [5.41, 5.74) is -0.510. The van der Waals surface area contributed by atoms with Crippen LogP contribution in [0.25, 0.3) is 0 Å². The molecule has 0 spiro atoms. The molecule has 0 aromatic heterocycles. The summed E-state index contributed by atoms with van der Waals surface area (Å²) in [5, 5.41) is 11.7. The van der Waals surface area contributed by atoms with Gasteiger partial charge in [0.15, 0.2) is 0 Å². The van der Waals surface area contributed by atoms with Crippen LogP contribution in [0.1, 0.15) is 46.5 Å². The maximum atomic E-state index is 12.2. The van der Waals surface area contributed by atoms with Crippen LogP contribution in [0.15, 0.2) is 0 Å². The molecule has 0 aromatic rings. The molecular weight excluding hydrogens is 270 g/mol. The molecule has 1 unspecified atom stereocenters. The van der Waals surface area contributed by atoms with Gasteiger partial charge >= 0.3 is 12.0 Å². The number of nitrogens with zero attached hydrogens (tertiary/aromatic N) is 2. The number of carboxylic acid groups (broad SMARTS) is 1. The molecule has 0 saturated carbocycles. The minimum atomic E-state index is -0.838. The average Bonchev–Trinajstić information content (AvgIpc) is 2.83. The fourth-order valence-corrected chi connectivity index (χ4v) is 2.78. The highest BCUT2D eigenvalue weighted by Crippen LogP contribution is 2.18. The van der Waals surface area contributed by atoms with Crippen LogP contribution >= 0.6 is 0 Å². The van der Waals surface area contributed by atoms with Crippen molar-refractivity contribution in [2.24, 2.45) is 0 Å². The minimum absolute atomic E-state index is 0.0588. The van der Waals surface area contributed by atoms with Gasteiger partial charge in [0.05, 0.1) is 0 Å². The van der Waals surface area contributed by atoms with Crippen molar-refractivity contribution in [1.82, 2.24) is 15.1 Å². The summed E-state index contributed by atoms with van der Waals surface area (Å²) in [5.74, 6) is -0.838. The number of urea groups is 1. The van der Waals surface area contributed by atoms with E-state index in [1.807, 2.05) is 13.8 Å². The fourth-order valence-electron chi connectivity index (χ4n) is 2.78. The van der Waals surface area contributed by atoms with E-state index in [0.717, 1.165) is 19.5 Å². The number of nitrogens with one attached hydrogen (secondary N) is 1. The van der Waals surface area contributed by atoms with Crippen molar-refractivity contribution in [3.8, 4) is 0 Å². The Labute approximate surface area is 127 Å². The molecule has 6 nitrogen and oxygen atoms in total. The number of aliphatic carboxylic acids is 1. The van der Waals surface area contributed by atoms with Crippen molar-refractivity contribution >= 4 is 12.0 Å². The topological polar surface area (TPSA) is 72.9 Å². The van der Waals surface area contributed by atoms with Crippen LogP contribution in [0.2, 0.25) is 0 Å². The third kappa shape index (κ3) is 5.91. The van der Waals surface area contributed by atoms with E-state index in [4.69, 9.17) is 5.11 Å². The number of carbonyl (C=O) groups excluding carboxylic acids is 1. The summed E-state index contributed by atoms with van der Waals surface area (Å²) in [6.45, 7) is 8.71. The molecule has 2 N–H and O–H groups in total. The van der Waals surface area contributed by atoms with Gasteiger partial charge in [-0.15, -0.1) is 0 Å². The first-order valence-corrected chi connectivity index (χ1v) is 7.74. The molecule has 1 aliphatic rings. The number of amides is 2. The summed E-state index contributed by atoms with van der Waals surface area (Å²) in [7, 11) is 1.80. The van der Waals surface area contributed by atoms with Gasteiger partial charge in [-0.25, -0.2) is 4.79 Å². The van der Waals surface area contributed by atoms with Gasteiger partial charge in [0, 0.05) is 31.6 Å². The van der Waals surface area contributed by atoms with Crippen LogP contribution in [0.4, 0.5) is 4.79 Å². The predicted octanol–water partition coefficient (Wildman–Crippen LogP) is 1.76. The smallest absolute Gasteiger partial charge is 0.317 e. The fraction of sp³-hybridized carbons (Fsp3) is 0.867. The van der Waals surface area contributed by atoms with Crippen LogP contribution in [-0.2, 0) is 4.79 Å².